The third-order valence-corrected chi connectivity index (χ3v) is 6.22. The molecule has 1 rings (SSSR count). The van der Waals surface area contributed by atoms with Crippen molar-refractivity contribution in [2.45, 2.75) is 109 Å². The van der Waals surface area contributed by atoms with Crippen LogP contribution in [0.5, 0.6) is 0 Å². The summed E-state index contributed by atoms with van der Waals surface area (Å²) in [5.41, 5.74) is -0.222. The van der Waals surface area contributed by atoms with E-state index in [1.54, 1.807) is 0 Å². The summed E-state index contributed by atoms with van der Waals surface area (Å²) >= 11 is 0. The van der Waals surface area contributed by atoms with E-state index in [1.807, 2.05) is 13.8 Å². The Hall–Kier alpha value is -1.93. The Labute approximate surface area is 192 Å². The van der Waals surface area contributed by atoms with Crippen molar-refractivity contribution >= 4 is 22.1 Å². The fourth-order valence-electron chi connectivity index (χ4n) is 3.36. The first-order chi connectivity index (χ1) is 15.2. The molecule has 182 valence electrons. The Bertz CT molecular complexity index is 782. The summed E-state index contributed by atoms with van der Waals surface area (Å²) in [6.45, 7) is 7.98. The minimum absolute atomic E-state index is 0.111. The molecule has 0 amide bonds. The van der Waals surface area contributed by atoms with Gasteiger partial charge in [0.2, 0.25) is 0 Å². The number of unbranched alkanes of at least 4 members (excludes halogenated alkanes) is 4. The first-order valence-corrected chi connectivity index (χ1v) is 13.1. The molecule has 0 aliphatic heterocycles. The molecular formula is C24H38O7S. The van der Waals surface area contributed by atoms with Gasteiger partial charge in [-0.15, -0.1) is 0 Å². The number of carbonyl (C=O) groups is 2. The lowest BCUT2D eigenvalue weighted by Gasteiger charge is -2.18. The van der Waals surface area contributed by atoms with E-state index in [9.17, 15) is 22.6 Å². The molecular weight excluding hydrogens is 432 g/mol. The molecule has 1 aromatic carbocycles. The van der Waals surface area contributed by atoms with E-state index < -0.39 is 27.0 Å². The Morgan fingerprint density at radius 3 is 1.50 bits per heavy atom. The van der Waals surface area contributed by atoms with Gasteiger partial charge < -0.3 is 9.47 Å². The second-order valence-electron chi connectivity index (χ2n) is 8.08. The van der Waals surface area contributed by atoms with Gasteiger partial charge in [-0.1, -0.05) is 53.4 Å². The quantitative estimate of drug-likeness (QED) is 0.191. The zero-order chi connectivity index (χ0) is 24.1. The number of hydrogen-bond acceptors (Lipinski definition) is 6. The largest absolute Gasteiger partial charge is 0.459 e. The van der Waals surface area contributed by atoms with E-state index in [0.29, 0.717) is 25.7 Å². The molecule has 1 N–H and O–H groups in total. The number of benzene rings is 1. The molecule has 0 saturated carbocycles. The lowest BCUT2D eigenvalue weighted by Crippen LogP contribution is -2.20. The molecule has 0 spiro atoms. The predicted octanol–water partition coefficient (Wildman–Crippen LogP) is 5.96. The fraction of sp³-hybridized carbons (Fsp3) is 0.667. The van der Waals surface area contributed by atoms with E-state index in [-0.39, 0.29) is 23.3 Å². The van der Waals surface area contributed by atoms with E-state index >= 15 is 0 Å². The molecule has 0 aromatic heterocycles. The van der Waals surface area contributed by atoms with Crippen LogP contribution in [0.15, 0.2) is 23.1 Å². The number of carbonyl (C=O) groups excluding carboxylic acids is 2. The Morgan fingerprint density at radius 2 is 1.19 bits per heavy atom. The number of hydrogen-bond donors (Lipinski definition) is 1. The van der Waals surface area contributed by atoms with Crippen LogP contribution in [0.1, 0.15) is 113 Å². The van der Waals surface area contributed by atoms with Crippen LogP contribution in [0.4, 0.5) is 0 Å². The summed E-state index contributed by atoms with van der Waals surface area (Å²) in [6, 6.07) is 3.30. The third kappa shape index (κ3) is 9.69. The molecule has 2 unspecified atom stereocenters. The van der Waals surface area contributed by atoms with Gasteiger partial charge in [0.05, 0.1) is 16.0 Å². The Kier molecular flexibility index (Phi) is 12.5. The molecule has 1 aromatic rings. The third-order valence-electron chi connectivity index (χ3n) is 5.39. The van der Waals surface area contributed by atoms with Crippen molar-refractivity contribution in [2.24, 2.45) is 0 Å². The topological polar surface area (TPSA) is 107 Å². The second kappa shape index (κ2) is 14.3. The first-order valence-electron chi connectivity index (χ1n) is 11.7. The minimum Gasteiger partial charge on any atom is -0.459 e. The van der Waals surface area contributed by atoms with Gasteiger partial charge in [0, 0.05) is 0 Å². The molecule has 0 radical (unpaired) electrons. The molecule has 0 aliphatic carbocycles. The number of rotatable bonds is 15. The van der Waals surface area contributed by atoms with Crippen LogP contribution in [0.2, 0.25) is 0 Å². The van der Waals surface area contributed by atoms with Crippen LogP contribution >= 0.6 is 0 Å². The highest BCUT2D eigenvalue weighted by atomic mass is 32.2. The van der Waals surface area contributed by atoms with Gasteiger partial charge in [0.1, 0.15) is 12.2 Å². The van der Waals surface area contributed by atoms with Gasteiger partial charge in [0.25, 0.3) is 10.1 Å². The SMILES string of the molecule is CCCCCC(CC)OC(=O)c1cc(C(=O)OC(CC)CCCCC)cc(S(=O)(=O)O)c1. The molecule has 0 heterocycles. The van der Waals surface area contributed by atoms with Gasteiger partial charge >= 0.3 is 11.9 Å². The van der Waals surface area contributed by atoms with Gasteiger partial charge in [-0.3, -0.25) is 4.55 Å². The maximum atomic E-state index is 12.7. The van der Waals surface area contributed by atoms with Crippen LogP contribution in [0.25, 0.3) is 0 Å². The molecule has 0 aliphatic rings. The van der Waals surface area contributed by atoms with E-state index in [1.165, 1.54) is 6.07 Å². The van der Waals surface area contributed by atoms with Gasteiger partial charge in [-0.2, -0.15) is 8.42 Å². The van der Waals surface area contributed by atoms with Crippen LogP contribution < -0.4 is 0 Å². The normalized spacial score (nSPS) is 13.4. The summed E-state index contributed by atoms with van der Waals surface area (Å²) in [5, 5.41) is 0. The second-order valence-corrected chi connectivity index (χ2v) is 9.51. The van der Waals surface area contributed by atoms with E-state index in [0.717, 1.165) is 50.7 Å². The molecule has 0 saturated heterocycles. The van der Waals surface area contributed by atoms with Crippen molar-refractivity contribution in [2.75, 3.05) is 0 Å². The summed E-state index contributed by atoms with van der Waals surface area (Å²) in [4.78, 5) is 24.9. The lowest BCUT2D eigenvalue weighted by atomic mass is 10.1. The lowest BCUT2D eigenvalue weighted by molar-refractivity contribution is 0.0265. The maximum Gasteiger partial charge on any atom is 0.338 e. The molecule has 8 heteroatoms. The summed E-state index contributed by atoms with van der Waals surface area (Å²) in [6.07, 6.45) is 8.03. The highest BCUT2D eigenvalue weighted by molar-refractivity contribution is 7.85. The van der Waals surface area contributed by atoms with Crippen LogP contribution in [-0.4, -0.2) is 37.1 Å². The first kappa shape index (κ1) is 28.1. The molecule has 0 bridgehead atoms. The van der Waals surface area contributed by atoms with Crippen LogP contribution in [0, 0.1) is 0 Å². The summed E-state index contributed by atoms with van der Waals surface area (Å²) in [5.74, 6) is -1.47. The van der Waals surface area contributed by atoms with Crippen molar-refractivity contribution in [3.05, 3.63) is 29.3 Å². The van der Waals surface area contributed by atoms with Crippen molar-refractivity contribution in [1.29, 1.82) is 0 Å². The average Bonchev–Trinajstić information content (AvgIpc) is 2.76. The highest BCUT2D eigenvalue weighted by Crippen LogP contribution is 2.21. The van der Waals surface area contributed by atoms with E-state index in [2.05, 4.69) is 13.8 Å². The van der Waals surface area contributed by atoms with Crippen LogP contribution in [0.3, 0.4) is 0 Å². The van der Waals surface area contributed by atoms with Crippen molar-refractivity contribution in [3.8, 4) is 0 Å². The Balaban J connectivity index is 3.09. The average molecular weight is 471 g/mol. The number of ether oxygens (including phenoxy) is 2. The Morgan fingerprint density at radius 1 is 0.781 bits per heavy atom. The van der Waals surface area contributed by atoms with E-state index in [4.69, 9.17) is 9.47 Å². The zero-order valence-corrected chi connectivity index (χ0v) is 20.6. The van der Waals surface area contributed by atoms with Crippen LogP contribution in [-0.2, 0) is 19.6 Å². The maximum absolute atomic E-state index is 12.7. The minimum atomic E-state index is -4.63. The van der Waals surface area contributed by atoms with Gasteiger partial charge in [-0.05, 0) is 56.7 Å². The van der Waals surface area contributed by atoms with Crippen molar-refractivity contribution in [1.82, 2.24) is 0 Å². The standard InChI is InChI=1S/C24H38O7S/c1-5-9-11-13-20(7-3)30-23(25)18-15-19(17-22(16-18)32(27,28)29)24(26)31-21(8-4)14-12-10-6-2/h15-17,20-21H,5-14H2,1-4H3,(H,27,28,29). The predicted molar refractivity (Wildman–Crippen MR) is 124 cm³/mol. The summed E-state index contributed by atoms with van der Waals surface area (Å²) < 4.78 is 44.1. The monoisotopic (exact) mass is 470 g/mol. The highest BCUT2D eigenvalue weighted by Gasteiger charge is 2.23. The molecule has 7 nitrogen and oxygen atoms in total. The molecule has 32 heavy (non-hydrogen) atoms. The summed E-state index contributed by atoms with van der Waals surface area (Å²) in [7, 11) is -4.63. The van der Waals surface area contributed by atoms with Gasteiger partial charge in [-0.25, -0.2) is 9.59 Å². The molecule has 0 fully saturated rings. The van der Waals surface area contributed by atoms with Crippen molar-refractivity contribution in [3.63, 3.8) is 0 Å². The fourth-order valence-corrected chi connectivity index (χ4v) is 3.91. The van der Waals surface area contributed by atoms with Crippen molar-refractivity contribution < 1.29 is 32.0 Å². The smallest absolute Gasteiger partial charge is 0.338 e. The number of esters is 2. The molecule has 2 atom stereocenters. The van der Waals surface area contributed by atoms with Gasteiger partial charge in [0.15, 0.2) is 0 Å². The zero-order valence-electron chi connectivity index (χ0n) is 19.8.